The van der Waals surface area contributed by atoms with Crippen LogP contribution < -0.4 is 4.90 Å². The molecular weight excluding hydrogens is 529 g/mol. The highest BCUT2D eigenvalue weighted by Gasteiger charge is 2.51. The number of halogens is 4. The zero-order chi connectivity index (χ0) is 27.6. The van der Waals surface area contributed by atoms with Crippen LogP contribution in [0.2, 0.25) is 5.28 Å². The van der Waals surface area contributed by atoms with E-state index >= 15 is 0 Å². The van der Waals surface area contributed by atoms with Crippen LogP contribution in [-0.2, 0) is 11.2 Å². The fourth-order valence-corrected chi connectivity index (χ4v) is 5.04. The van der Waals surface area contributed by atoms with Gasteiger partial charge in [0, 0.05) is 13.1 Å². The van der Waals surface area contributed by atoms with Gasteiger partial charge in [0.15, 0.2) is 17.0 Å². The van der Waals surface area contributed by atoms with Gasteiger partial charge in [-0.1, -0.05) is 37.3 Å². The first-order valence-corrected chi connectivity index (χ1v) is 12.5. The Hall–Kier alpha value is -3.00. The Balaban J connectivity index is 1.65. The second-order valence-corrected chi connectivity index (χ2v) is 9.47. The molecule has 0 radical (unpaired) electrons. The van der Waals surface area contributed by atoms with Crippen molar-refractivity contribution in [1.29, 1.82) is 0 Å². The number of rotatable bonds is 9. The van der Waals surface area contributed by atoms with Crippen LogP contribution in [0.25, 0.3) is 11.2 Å². The number of alkyl halides is 3. The van der Waals surface area contributed by atoms with Crippen molar-refractivity contribution < 1.29 is 33.3 Å². The van der Waals surface area contributed by atoms with Gasteiger partial charge < -0.3 is 29.7 Å². The van der Waals surface area contributed by atoms with Crippen LogP contribution >= 0.6 is 11.6 Å². The maximum absolute atomic E-state index is 13.2. The van der Waals surface area contributed by atoms with E-state index in [0.29, 0.717) is 17.9 Å². The van der Waals surface area contributed by atoms with Gasteiger partial charge in [-0.25, -0.2) is 4.98 Å². The van der Waals surface area contributed by atoms with Gasteiger partial charge in [-0.05, 0) is 36.4 Å². The topological polar surface area (TPSA) is 128 Å². The van der Waals surface area contributed by atoms with E-state index in [0.717, 1.165) is 5.56 Å². The SMILES string of the molecule is CCCN(C(=O)C(F)(F)F)[C@H]1C[C@@H](n2cnc3c(N(CO)CCc4ccccc4)nc(Cl)nc32)[C@H](O)[C@@H]1O. The number of anilines is 1. The van der Waals surface area contributed by atoms with E-state index in [1.807, 2.05) is 30.3 Å². The zero-order valence-electron chi connectivity index (χ0n) is 20.5. The van der Waals surface area contributed by atoms with Crippen molar-refractivity contribution in [2.45, 2.75) is 56.7 Å². The van der Waals surface area contributed by atoms with Gasteiger partial charge >= 0.3 is 12.1 Å². The highest BCUT2D eigenvalue weighted by molar-refractivity contribution is 6.28. The predicted octanol–water partition coefficient (Wildman–Crippen LogP) is 2.31. The minimum absolute atomic E-state index is 0.166. The molecule has 10 nitrogen and oxygen atoms in total. The van der Waals surface area contributed by atoms with E-state index in [1.165, 1.54) is 10.9 Å². The summed E-state index contributed by atoms with van der Waals surface area (Å²) in [6, 6.07) is 7.36. The third-order valence-electron chi connectivity index (χ3n) is 6.71. The van der Waals surface area contributed by atoms with Gasteiger partial charge in [-0.3, -0.25) is 4.79 Å². The summed E-state index contributed by atoms with van der Waals surface area (Å²) in [6.07, 6.45) is -6.31. The lowest BCUT2D eigenvalue weighted by atomic mass is 10.1. The molecule has 1 aromatic carbocycles. The summed E-state index contributed by atoms with van der Waals surface area (Å²) >= 11 is 6.19. The van der Waals surface area contributed by atoms with Gasteiger partial charge in [0.25, 0.3) is 0 Å². The highest BCUT2D eigenvalue weighted by Crippen LogP contribution is 2.38. The Morgan fingerprint density at radius 1 is 1.16 bits per heavy atom. The monoisotopic (exact) mass is 556 g/mol. The third kappa shape index (κ3) is 5.55. The first-order valence-electron chi connectivity index (χ1n) is 12.1. The summed E-state index contributed by atoms with van der Waals surface area (Å²) in [7, 11) is 0. The molecule has 1 aliphatic carbocycles. The van der Waals surface area contributed by atoms with Crippen molar-refractivity contribution in [3.05, 3.63) is 47.5 Å². The van der Waals surface area contributed by atoms with E-state index in [1.54, 1.807) is 11.8 Å². The second-order valence-electron chi connectivity index (χ2n) is 9.13. The average Bonchev–Trinajstić information content (AvgIpc) is 3.43. The summed E-state index contributed by atoms with van der Waals surface area (Å²) in [5, 5.41) is 31.4. The molecule has 1 aliphatic rings. The molecule has 3 N–H and O–H groups in total. The molecule has 1 saturated carbocycles. The first kappa shape index (κ1) is 28.0. The van der Waals surface area contributed by atoms with Gasteiger partial charge in [-0.15, -0.1) is 0 Å². The maximum Gasteiger partial charge on any atom is 0.471 e. The number of carbonyl (C=O) groups excluding carboxylic acids is 1. The summed E-state index contributed by atoms with van der Waals surface area (Å²) in [5.74, 6) is -1.84. The fraction of sp³-hybridized carbons (Fsp3) is 0.500. The fourth-order valence-electron chi connectivity index (χ4n) is 4.88. The Kier molecular flexibility index (Phi) is 8.40. The van der Waals surface area contributed by atoms with Crippen LogP contribution in [0.4, 0.5) is 19.0 Å². The minimum atomic E-state index is -5.12. The molecule has 0 unspecified atom stereocenters. The molecule has 0 aliphatic heterocycles. The number of imidazole rings is 1. The molecule has 4 rings (SSSR count). The number of fused-ring (bicyclic) bond motifs is 1. The Labute approximate surface area is 221 Å². The van der Waals surface area contributed by atoms with Crippen LogP contribution in [0.1, 0.15) is 31.4 Å². The van der Waals surface area contributed by atoms with Crippen molar-refractivity contribution >= 4 is 34.5 Å². The standard InChI is InChI=1S/C24H28ClF3N6O4/c1-2-9-33(22(38)24(26,27)28)15-11-16(19(37)18(15)36)34-12-29-17-20(30-23(25)31-21(17)34)32(13-35)10-8-14-6-4-3-5-7-14/h3-7,12,15-16,18-19,35-37H,2,8-11,13H2,1H3/t15-,16+,18+,19-/m0/s1. The molecule has 0 saturated heterocycles. The summed E-state index contributed by atoms with van der Waals surface area (Å²) in [6.45, 7) is 1.34. The lowest BCUT2D eigenvalue weighted by Gasteiger charge is -2.31. The molecule has 14 heteroatoms. The van der Waals surface area contributed by atoms with Gasteiger partial charge in [0.05, 0.1) is 18.4 Å². The normalized spacial score (nSPS) is 21.7. The van der Waals surface area contributed by atoms with Crippen molar-refractivity contribution in [3.8, 4) is 0 Å². The number of aromatic nitrogens is 4. The number of amides is 1. The molecule has 2 aromatic heterocycles. The van der Waals surface area contributed by atoms with E-state index < -0.39 is 43.1 Å². The Morgan fingerprint density at radius 2 is 1.87 bits per heavy atom. The number of benzene rings is 1. The number of aliphatic hydroxyl groups excluding tert-OH is 3. The van der Waals surface area contributed by atoms with E-state index in [4.69, 9.17) is 11.6 Å². The maximum atomic E-state index is 13.2. The molecule has 206 valence electrons. The first-order chi connectivity index (χ1) is 18.1. The Bertz CT molecular complexity index is 1260. The minimum Gasteiger partial charge on any atom is -0.388 e. The van der Waals surface area contributed by atoms with Crippen LogP contribution in [0.5, 0.6) is 0 Å². The quantitative estimate of drug-likeness (QED) is 0.271. The molecular formula is C24H28ClF3N6O4. The second kappa shape index (κ2) is 11.4. The van der Waals surface area contributed by atoms with Crippen LogP contribution in [0, 0.1) is 0 Å². The number of nitrogens with zero attached hydrogens (tertiary/aromatic N) is 6. The zero-order valence-corrected chi connectivity index (χ0v) is 21.2. The predicted molar refractivity (Wildman–Crippen MR) is 132 cm³/mol. The molecule has 0 bridgehead atoms. The molecule has 1 fully saturated rings. The third-order valence-corrected chi connectivity index (χ3v) is 6.88. The smallest absolute Gasteiger partial charge is 0.388 e. The van der Waals surface area contributed by atoms with Crippen molar-refractivity contribution in [3.63, 3.8) is 0 Å². The number of hydrogen-bond donors (Lipinski definition) is 3. The lowest BCUT2D eigenvalue weighted by Crippen LogP contribution is -2.51. The van der Waals surface area contributed by atoms with E-state index in [9.17, 15) is 33.3 Å². The molecule has 3 aromatic rings. The average molecular weight is 557 g/mol. The Morgan fingerprint density at radius 3 is 2.50 bits per heavy atom. The summed E-state index contributed by atoms with van der Waals surface area (Å²) < 4.78 is 41.1. The largest absolute Gasteiger partial charge is 0.471 e. The van der Waals surface area contributed by atoms with Crippen LogP contribution in [0.15, 0.2) is 36.7 Å². The molecule has 1 amide bonds. The van der Waals surface area contributed by atoms with Gasteiger partial charge in [-0.2, -0.15) is 23.1 Å². The van der Waals surface area contributed by atoms with Crippen molar-refractivity contribution in [2.75, 3.05) is 24.7 Å². The lowest BCUT2D eigenvalue weighted by molar-refractivity contribution is -0.190. The highest BCUT2D eigenvalue weighted by atomic mass is 35.5. The van der Waals surface area contributed by atoms with Gasteiger partial charge in [0.1, 0.15) is 18.9 Å². The van der Waals surface area contributed by atoms with Crippen LogP contribution in [0.3, 0.4) is 0 Å². The number of carbonyl (C=O) groups is 1. The van der Waals surface area contributed by atoms with Crippen LogP contribution in [-0.4, -0.2) is 89.9 Å². The molecule has 0 spiro atoms. The number of hydrogen-bond acceptors (Lipinski definition) is 8. The van der Waals surface area contributed by atoms with Crippen molar-refractivity contribution in [2.24, 2.45) is 0 Å². The summed E-state index contributed by atoms with van der Waals surface area (Å²) in [4.78, 5) is 27.0. The van der Waals surface area contributed by atoms with Crippen molar-refractivity contribution in [1.82, 2.24) is 24.4 Å². The molecule has 4 atom stereocenters. The summed E-state index contributed by atoms with van der Waals surface area (Å²) in [5.41, 5.74) is 1.45. The van der Waals surface area contributed by atoms with E-state index in [-0.39, 0.29) is 41.7 Å². The molecule has 2 heterocycles. The van der Waals surface area contributed by atoms with E-state index in [2.05, 4.69) is 15.0 Å². The molecule has 38 heavy (non-hydrogen) atoms. The number of aliphatic hydroxyl groups is 3. The van der Waals surface area contributed by atoms with Gasteiger partial charge in [0.2, 0.25) is 5.28 Å².